The van der Waals surface area contributed by atoms with Gasteiger partial charge in [-0.3, -0.25) is 0 Å². The molecule has 0 aliphatic rings. The smallest absolute Gasteiger partial charge is 0.348 e. The first-order chi connectivity index (χ1) is 24.2. The fourth-order valence-electron chi connectivity index (χ4n) is 5.95. The molecule has 0 saturated heterocycles. The summed E-state index contributed by atoms with van der Waals surface area (Å²) in [5, 5.41) is 18.8. The Labute approximate surface area is 298 Å². The van der Waals surface area contributed by atoms with Gasteiger partial charge in [0.1, 0.15) is 23.3 Å². The minimum Gasteiger partial charge on any atom is -0.462 e. The quantitative estimate of drug-likeness (QED) is 0.0756. The zero-order chi connectivity index (χ0) is 36.5. The molecule has 262 valence electrons. The van der Waals surface area contributed by atoms with Crippen LogP contribution in [-0.2, 0) is 31.9 Å². The number of hydrogen-bond donors (Lipinski definition) is 0. The van der Waals surface area contributed by atoms with Gasteiger partial charge in [0.15, 0.2) is 0 Å². The maximum Gasteiger partial charge on any atom is 0.348 e. The fourth-order valence-corrected chi connectivity index (χ4v) is 5.95. The summed E-state index contributed by atoms with van der Waals surface area (Å²) in [6.07, 6.45) is 7.19. The van der Waals surface area contributed by atoms with Gasteiger partial charge in [-0.1, -0.05) is 36.4 Å². The summed E-state index contributed by atoms with van der Waals surface area (Å²) >= 11 is 0. The van der Waals surface area contributed by atoms with E-state index in [1.54, 1.807) is 26.0 Å². The van der Waals surface area contributed by atoms with Crippen LogP contribution < -0.4 is 9.80 Å². The predicted molar refractivity (Wildman–Crippen MR) is 202 cm³/mol. The summed E-state index contributed by atoms with van der Waals surface area (Å²) in [5.74, 6) is -1.20. The van der Waals surface area contributed by atoms with Gasteiger partial charge in [-0.05, 0) is 137 Å². The molecule has 8 nitrogen and oxygen atoms in total. The van der Waals surface area contributed by atoms with Crippen LogP contribution in [0.25, 0.3) is 12.2 Å². The van der Waals surface area contributed by atoms with Crippen molar-refractivity contribution in [1.82, 2.24) is 0 Å². The molecule has 3 aromatic rings. The van der Waals surface area contributed by atoms with Crippen molar-refractivity contribution in [3.8, 4) is 12.1 Å². The Bertz CT molecular complexity index is 1630. The summed E-state index contributed by atoms with van der Waals surface area (Å²) in [4.78, 5) is 28.9. The van der Waals surface area contributed by atoms with E-state index in [1.165, 1.54) is 11.1 Å². The summed E-state index contributed by atoms with van der Waals surface area (Å²) < 4.78 is 10.0. The first kappa shape index (κ1) is 39.1. The van der Waals surface area contributed by atoms with Crippen LogP contribution in [0.1, 0.15) is 73.9 Å². The van der Waals surface area contributed by atoms with Crippen LogP contribution >= 0.6 is 0 Å². The van der Waals surface area contributed by atoms with E-state index < -0.39 is 11.9 Å². The van der Waals surface area contributed by atoms with E-state index in [0.717, 1.165) is 85.5 Å². The lowest BCUT2D eigenvalue weighted by Gasteiger charge is -2.25. The zero-order valence-corrected chi connectivity index (χ0v) is 30.4. The summed E-state index contributed by atoms with van der Waals surface area (Å²) in [6, 6.07) is 24.9. The molecule has 3 aromatic carbocycles. The second-order valence-electron chi connectivity index (χ2n) is 12.0. The largest absolute Gasteiger partial charge is 0.462 e. The lowest BCUT2D eigenvalue weighted by atomic mass is 9.98. The topological polar surface area (TPSA) is 107 Å². The molecular formula is C42H50N4O4. The van der Waals surface area contributed by atoms with Crippen LogP contribution in [0.5, 0.6) is 0 Å². The number of ether oxygens (including phenoxy) is 2. The predicted octanol–water partition coefficient (Wildman–Crippen LogP) is 8.16. The molecule has 0 fully saturated rings. The molecule has 0 spiro atoms. The molecule has 0 unspecified atom stereocenters. The molecule has 0 amide bonds. The van der Waals surface area contributed by atoms with Gasteiger partial charge in [-0.2, -0.15) is 10.5 Å². The Morgan fingerprint density at radius 1 is 0.660 bits per heavy atom. The van der Waals surface area contributed by atoms with Gasteiger partial charge >= 0.3 is 11.9 Å². The fraction of sp³-hybridized carbons (Fsp3) is 0.381. The van der Waals surface area contributed by atoms with E-state index in [-0.39, 0.29) is 24.4 Å². The number of aryl methyl sites for hydroxylation is 4. The monoisotopic (exact) mass is 674 g/mol. The number of esters is 2. The molecule has 0 aromatic heterocycles. The Hall–Kier alpha value is -5.34. The molecule has 0 radical (unpaired) electrons. The van der Waals surface area contributed by atoms with Gasteiger partial charge in [0, 0.05) is 37.6 Å². The van der Waals surface area contributed by atoms with Gasteiger partial charge in [0.05, 0.1) is 13.2 Å². The van der Waals surface area contributed by atoms with E-state index in [9.17, 15) is 20.1 Å². The Kier molecular flexibility index (Phi) is 15.8. The highest BCUT2D eigenvalue weighted by Crippen LogP contribution is 2.24. The summed E-state index contributed by atoms with van der Waals surface area (Å²) in [7, 11) is 0. The minimum atomic E-state index is -0.601. The van der Waals surface area contributed by atoms with Gasteiger partial charge in [-0.15, -0.1) is 0 Å². The standard InChI is InChI=1S/C42H50N4O4/c1-7-45(39-21-19-35(31(5)25-39)27-37(29-43)41(47)49-9-3)23-13-17-33-15-11-12-16-34(33)18-14-24-46(8-2)40-22-20-36(32(6)26-40)28-38(30-44)42(48)50-10-4/h11-12,15-16,19-22,25-28H,7-10,13-14,17-18,23-24H2,1-6H3/b37-27+,38-28+. The van der Waals surface area contributed by atoms with Crippen LogP contribution in [0.2, 0.25) is 0 Å². The Balaban J connectivity index is 1.61. The maximum atomic E-state index is 12.1. The average Bonchev–Trinajstić information content (AvgIpc) is 3.11. The van der Waals surface area contributed by atoms with Crippen molar-refractivity contribution >= 4 is 35.5 Å². The SMILES string of the molecule is CCOC(=O)/C(C#N)=C/c1ccc(N(CC)CCCc2ccccc2CCCN(CC)c2ccc(/C=C(\C#N)C(=O)OCC)c(C)c2)cc1C. The first-order valence-electron chi connectivity index (χ1n) is 17.5. The zero-order valence-electron chi connectivity index (χ0n) is 30.4. The van der Waals surface area contributed by atoms with E-state index >= 15 is 0 Å². The molecule has 0 heterocycles. The Morgan fingerprint density at radius 2 is 1.06 bits per heavy atom. The van der Waals surface area contributed by atoms with Gasteiger partial charge in [0.2, 0.25) is 0 Å². The third-order valence-corrected chi connectivity index (χ3v) is 8.70. The normalized spacial score (nSPS) is 11.4. The van der Waals surface area contributed by atoms with Crippen molar-refractivity contribution in [1.29, 1.82) is 10.5 Å². The minimum absolute atomic E-state index is 0.00199. The number of carbonyl (C=O) groups is 2. The number of hydrogen-bond acceptors (Lipinski definition) is 8. The number of carbonyl (C=O) groups excluding carboxylic acids is 2. The van der Waals surface area contributed by atoms with Crippen molar-refractivity contribution < 1.29 is 19.1 Å². The van der Waals surface area contributed by atoms with E-state index in [4.69, 9.17) is 9.47 Å². The van der Waals surface area contributed by atoms with Crippen LogP contribution in [0.3, 0.4) is 0 Å². The third kappa shape index (κ3) is 11.1. The number of nitrogens with zero attached hydrogens (tertiary/aromatic N) is 4. The number of nitriles is 2. The molecule has 8 heteroatoms. The second kappa shape index (κ2) is 20.2. The Morgan fingerprint density at radius 3 is 1.38 bits per heavy atom. The molecule has 0 atom stereocenters. The van der Waals surface area contributed by atoms with Crippen LogP contribution in [-0.4, -0.2) is 51.3 Å². The van der Waals surface area contributed by atoms with Gasteiger partial charge in [0.25, 0.3) is 0 Å². The number of anilines is 2. The highest BCUT2D eigenvalue weighted by Gasteiger charge is 2.14. The number of benzene rings is 3. The molecule has 0 N–H and O–H groups in total. The van der Waals surface area contributed by atoms with E-state index in [0.29, 0.717) is 0 Å². The van der Waals surface area contributed by atoms with Crippen molar-refractivity contribution in [3.05, 3.63) is 105 Å². The second-order valence-corrected chi connectivity index (χ2v) is 12.0. The molecule has 0 bridgehead atoms. The first-order valence-corrected chi connectivity index (χ1v) is 17.5. The van der Waals surface area contributed by atoms with E-state index in [1.807, 2.05) is 38.1 Å². The van der Waals surface area contributed by atoms with Crippen molar-refractivity contribution in [2.75, 3.05) is 49.2 Å². The van der Waals surface area contributed by atoms with Crippen molar-refractivity contribution in [2.45, 2.75) is 67.2 Å². The maximum absolute atomic E-state index is 12.1. The number of rotatable bonds is 18. The van der Waals surface area contributed by atoms with Crippen LogP contribution in [0, 0.1) is 36.5 Å². The lowest BCUT2D eigenvalue weighted by Crippen LogP contribution is -2.25. The third-order valence-electron chi connectivity index (χ3n) is 8.70. The van der Waals surface area contributed by atoms with Crippen LogP contribution in [0.15, 0.2) is 71.8 Å². The highest BCUT2D eigenvalue weighted by molar-refractivity contribution is 5.98. The van der Waals surface area contributed by atoms with Crippen LogP contribution in [0.4, 0.5) is 11.4 Å². The molecule has 3 rings (SSSR count). The molecule has 50 heavy (non-hydrogen) atoms. The van der Waals surface area contributed by atoms with Gasteiger partial charge < -0.3 is 19.3 Å². The molecule has 0 aliphatic heterocycles. The summed E-state index contributed by atoms with van der Waals surface area (Å²) in [5.41, 5.74) is 8.65. The lowest BCUT2D eigenvalue weighted by molar-refractivity contribution is -0.138. The van der Waals surface area contributed by atoms with Gasteiger partial charge in [-0.25, -0.2) is 9.59 Å². The van der Waals surface area contributed by atoms with Crippen molar-refractivity contribution in [2.24, 2.45) is 0 Å². The molecular weight excluding hydrogens is 624 g/mol. The van der Waals surface area contributed by atoms with Crippen molar-refractivity contribution in [3.63, 3.8) is 0 Å². The highest BCUT2D eigenvalue weighted by atomic mass is 16.5. The molecule has 0 saturated carbocycles. The van der Waals surface area contributed by atoms with E-state index in [2.05, 4.69) is 72.2 Å². The average molecular weight is 675 g/mol. The molecule has 0 aliphatic carbocycles. The summed E-state index contributed by atoms with van der Waals surface area (Å²) in [6.45, 7) is 15.8.